The van der Waals surface area contributed by atoms with Crippen LogP contribution in [0.5, 0.6) is 10.9 Å². The van der Waals surface area contributed by atoms with Crippen molar-refractivity contribution in [2.75, 3.05) is 26.1 Å². The summed E-state index contributed by atoms with van der Waals surface area (Å²) in [5.41, 5.74) is 1.35. The van der Waals surface area contributed by atoms with Gasteiger partial charge in [0.1, 0.15) is 17.3 Å². The van der Waals surface area contributed by atoms with E-state index in [4.69, 9.17) is 14.2 Å². The molecule has 2 aromatic heterocycles. The van der Waals surface area contributed by atoms with Gasteiger partial charge in [-0.15, -0.1) is 5.10 Å². The molecule has 178 valence electrons. The van der Waals surface area contributed by atoms with Crippen molar-refractivity contribution in [2.45, 2.75) is 20.3 Å². The van der Waals surface area contributed by atoms with E-state index in [1.165, 1.54) is 19.4 Å². The minimum absolute atomic E-state index is 0.174. The smallest absolute Gasteiger partial charge is 0.295 e. The molecule has 0 saturated heterocycles. The Morgan fingerprint density at radius 3 is 2.82 bits per heavy atom. The normalized spacial score (nSPS) is 11.5. The summed E-state index contributed by atoms with van der Waals surface area (Å²) >= 11 is 1.08. The van der Waals surface area contributed by atoms with Crippen LogP contribution in [0.15, 0.2) is 54.4 Å². The van der Waals surface area contributed by atoms with Gasteiger partial charge in [0.05, 0.1) is 32.0 Å². The van der Waals surface area contributed by atoms with E-state index in [1.807, 2.05) is 25.2 Å². The number of amides is 1. The zero-order chi connectivity index (χ0) is 24.5. The number of rotatable bonds is 10. The Labute approximate surface area is 201 Å². The Hall–Kier alpha value is -3.79. The minimum Gasteiger partial charge on any atom is -0.497 e. The fourth-order valence-electron chi connectivity index (χ4n) is 3.10. The number of aryl methyl sites for hydroxylation is 1. The van der Waals surface area contributed by atoms with Gasteiger partial charge < -0.3 is 14.2 Å². The number of nitrogens with one attached hydrogen (secondary N) is 1. The number of carbonyl (C=O) groups is 1. The number of methoxy groups -OCH3 is 2. The van der Waals surface area contributed by atoms with E-state index in [9.17, 15) is 9.18 Å². The molecule has 0 aliphatic carbocycles. The summed E-state index contributed by atoms with van der Waals surface area (Å²) in [6.45, 7) is 4.03. The fraction of sp³-hybridized carbons (Fsp3) is 0.250. The molecule has 34 heavy (non-hydrogen) atoms. The Bertz CT molecular complexity index is 1210. The number of hydrogen-bond acceptors (Lipinski definition) is 8. The van der Waals surface area contributed by atoms with Gasteiger partial charge in [0, 0.05) is 23.9 Å². The maximum Gasteiger partial charge on any atom is 0.295 e. The average molecular weight is 485 g/mol. The summed E-state index contributed by atoms with van der Waals surface area (Å²) in [6, 6.07) is 6.13. The number of nitrogens with zero attached hydrogens (tertiary/aromatic N) is 3. The van der Waals surface area contributed by atoms with E-state index in [0.29, 0.717) is 35.2 Å². The molecule has 3 rings (SSSR count). The van der Waals surface area contributed by atoms with E-state index in [0.717, 1.165) is 17.1 Å². The molecule has 1 amide bonds. The van der Waals surface area contributed by atoms with Gasteiger partial charge in [0.2, 0.25) is 5.13 Å². The van der Waals surface area contributed by atoms with Crippen molar-refractivity contribution in [1.82, 2.24) is 15.2 Å². The lowest BCUT2D eigenvalue weighted by Crippen LogP contribution is -2.14. The van der Waals surface area contributed by atoms with Crippen molar-refractivity contribution in [3.63, 3.8) is 0 Å². The third-order valence-electron chi connectivity index (χ3n) is 4.63. The summed E-state index contributed by atoms with van der Waals surface area (Å²) in [5.74, 6) is 0.0388. The van der Waals surface area contributed by atoms with E-state index in [2.05, 4.69) is 20.5 Å². The van der Waals surface area contributed by atoms with Crippen LogP contribution in [0.3, 0.4) is 0 Å². The zero-order valence-electron chi connectivity index (χ0n) is 19.3. The van der Waals surface area contributed by atoms with Crippen LogP contribution in [0.25, 0.3) is 11.1 Å². The first kappa shape index (κ1) is 24.8. The number of ether oxygens (including phenoxy) is 3. The maximum atomic E-state index is 14.7. The SMILES string of the molecule is C/C=C\C(=C/CCOc1nnc(NC(=O)c2cnc(C)cc2-c2c(F)cccc2OC)s1)OC. The summed E-state index contributed by atoms with van der Waals surface area (Å²) < 4.78 is 30.8. The number of allylic oxidation sites excluding steroid dienone is 2. The quantitative estimate of drug-likeness (QED) is 0.241. The molecule has 0 bridgehead atoms. The maximum absolute atomic E-state index is 14.7. The fourth-order valence-corrected chi connectivity index (χ4v) is 3.71. The van der Waals surface area contributed by atoms with E-state index < -0.39 is 11.7 Å². The highest BCUT2D eigenvalue weighted by atomic mass is 32.1. The Balaban J connectivity index is 1.74. The van der Waals surface area contributed by atoms with Gasteiger partial charge in [-0.1, -0.05) is 17.2 Å². The monoisotopic (exact) mass is 484 g/mol. The second-order valence-electron chi connectivity index (χ2n) is 6.96. The number of anilines is 1. The first-order valence-electron chi connectivity index (χ1n) is 10.4. The Morgan fingerprint density at radius 2 is 2.09 bits per heavy atom. The molecule has 10 heteroatoms. The highest BCUT2D eigenvalue weighted by Gasteiger charge is 2.21. The van der Waals surface area contributed by atoms with Crippen molar-refractivity contribution in [2.24, 2.45) is 0 Å². The van der Waals surface area contributed by atoms with Crippen LogP contribution in [-0.2, 0) is 4.74 Å². The van der Waals surface area contributed by atoms with Crippen molar-refractivity contribution in [3.8, 4) is 22.1 Å². The van der Waals surface area contributed by atoms with Gasteiger partial charge in [-0.05, 0) is 55.5 Å². The predicted molar refractivity (Wildman–Crippen MR) is 129 cm³/mol. The Kier molecular flexibility index (Phi) is 8.69. The molecule has 0 spiro atoms. The molecule has 1 aromatic carbocycles. The largest absolute Gasteiger partial charge is 0.497 e. The van der Waals surface area contributed by atoms with Crippen molar-refractivity contribution >= 4 is 22.4 Å². The lowest BCUT2D eigenvalue weighted by Gasteiger charge is -2.14. The van der Waals surface area contributed by atoms with Crippen LogP contribution >= 0.6 is 11.3 Å². The van der Waals surface area contributed by atoms with E-state index in [1.54, 1.807) is 32.2 Å². The molecule has 1 N–H and O–H groups in total. The summed E-state index contributed by atoms with van der Waals surface area (Å²) in [7, 11) is 3.05. The third kappa shape index (κ3) is 6.16. The van der Waals surface area contributed by atoms with Gasteiger partial charge in [-0.2, -0.15) is 0 Å². The first-order valence-corrected chi connectivity index (χ1v) is 11.2. The number of hydrogen-bond donors (Lipinski definition) is 1. The molecule has 0 aliphatic rings. The second-order valence-corrected chi connectivity index (χ2v) is 7.90. The summed E-state index contributed by atoms with van der Waals surface area (Å²) in [6.07, 6.45) is 7.63. The van der Waals surface area contributed by atoms with Crippen molar-refractivity contribution in [1.29, 1.82) is 0 Å². The van der Waals surface area contributed by atoms with Crippen molar-refractivity contribution in [3.05, 3.63) is 71.5 Å². The Morgan fingerprint density at radius 1 is 1.26 bits per heavy atom. The predicted octanol–water partition coefficient (Wildman–Crippen LogP) is 5.18. The van der Waals surface area contributed by atoms with Gasteiger partial charge >= 0.3 is 0 Å². The van der Waals surface area contributed by atoms with Gasteiger partial charge in [-0.25, -0.2) is 4.39 Å². The van der Waals surface area contributed by atoms with Crippen LogP contribution in [0.4, 0.5) is 9.52 Å². The highest BCUT2D eigenvalue weighted by Crippen LogP contribution is 2.35. The molecule has 2 heterocycles. The number of carbonyl (C=O) groups excluding carboxylic acids is 1. The van der Waals surface area contributed by atoms with Gasteiger partial charge in [0.15, 0.2) is 0 Å². The molecule has 0 aliphatic heterocycles. The third-order valence-corrected chi connectivity index (χ3v) is 5.38. The average Bonchev–Trinajstić information content (AvgIpc) is 3.27. The number of aromatic nitrogens is 3. The lowest BCUT2D eigenvalue weighted by molar-refractivity contribution is 0.102. The molecular weight excluding hydrogens is 459 g/mol. The van der Waals surface area contributed by atoms with E-state index in [-0.39, 0.29) is 16.3 Å². The molecule has 0 fully saturated rings. The van der Waals surface area contributed by atoms with E-state index >= 15 is 0 Å². The minimum atomic E-state index is -0.509. The topological polar surface area (TPSA) is 95.5 Å². The van der Waals surface area contributed by atoms with Gasteiger partial charge in [0.25, 0.3) is 11.1 Å². The van der Waals surface area contributed by atoms with Crippen LogP contribution in [0.1, 0.15) is 29.4 Å². The molecule has 0 unspecified atom stereocenters. The molecule has 0 atom stereocenters. The molecule has 8 nitrogen and oxygen atoms in total. The van der Waals surface area contributed by atoms with Crippen LogP contribution < -0.4 is 14.8 Å². The number of benzene rings is 1. The number of pyridine rings is 1. The zero-order valence-corrected chi connectivity index (χ0v) is 20.1. The highest BCUT2D eigenvalue weighted by molar-refractivity contribution is 7.17. The van der Waals surface area contributed by atoms with Crippen LogP contribution in [-0.4, -0.2) is 41.9 Å². The van der Waals surface area contributed by atoms with Gasteiger partial charge in [-0.3, -0.25) is 15.1 Å². The van der Waals surface area contributed by atoms with Crippen molar-refractivity contribution < 1.29 is 23.4 Å². The summed E-state index contributed by atoms with van der Waals surface area (Å²) in [4.78, 5) is 17.2. The van der Waals surface area contributed by atoms with Crippen LogP contribution in [0.2, 0.25) is 0 Å². The molecular formula is C24H25FN4O4S. The first-order chi connectivity index (χ1) is 16.5. The molecule has 0 saturated carbocycles. The van der Waals surface area contributed by atoms with Crippen LogP contribution in [0, 0.1) is 12.7 Å². The molecule has 0 radical (unpaired) electrons. The summed E-state index contributed by atoms with van der Waals surface area (Å²) in [5, 5.41) is 11.1. The molecule has 3 aromatic rings. The lowest BCUT2D eigenvalue weighted by atomic mass is 9.98. The number of halogens is 1. The standard InChI is InChI=1S/C24H25FN4O4S/c1-5-8-16(31-3)9-7-12-33-24-29-28-23(34-24)27-22(30)18-14-26-15(2)13-17(18)21-19(25)10-6-11-20(21)32-4/h5-6,8-11,13-14H,7,12H2,1-4H3,(H,27,28,30)/b8-5-,16-9+. The second kappa shape index (κ2) is 11.9.